The van der Waals surface area contributed by atoms with Crippen LogP contribution in [0, 0.1) is 0 Å². The summed E-state index contributed by atoms with van der Waals surface area (Å²) in [5.74, 6) is 0. The van der Waals surface area contributed by atoms with Gasteiger partial charge < -0.3 is 4.90 Å². The van der Waals surface area contributed by atoms with Crippen LogP contribution in [0.1, 0.15) is 5.56 Å². The van der Waals surface area contributed by atoms with E-state index in [9.17, 15) is 0 Å². The molecule has 0 saturated carbocycles. The van der Waals surface area contributed by atoms with Crippen LogP contribution in [0.3, 0.4) is 0 Å². The molecule has 0 heterocycles. The van der Waals surface area contributed by atoms with Crippen molar-refractivity contribution in [3.63, 3.8) is 0 Å². The van der Waals surface area contributed by atoms with Crippen molar-refractivity contribution in [2.24, 2.45) is 0 Å². The number of para-hydroxylation sites is 1. The maximum absolute atomic E-state index is 4.09. The van der Waals surface area contributed by atoms with E-state index in [1.807, 2.05) is 49.5 Å². The van der Waals surface area contributed by atoms with Gasteiger partial charge in [-0.2, -0.15) is 0 Å². The van der Waals surface area contributed by atoms with Gasteiger partial charge in [-0.15, -0.1) is 0 Å². The van der Waals surface area contributed by atoms with Crippen LogP contribution in [-0.2, 0) is 0 Å². The Balaban J connectivity index is 2.07. The number of anilines is 1. The number of hydrogen-bond acceptors (Lipinski definition) is 1. The van der Waals surface area contributed by atoms with Gasteiger partial charge in [0.05, 0.1) is 0 Å². The number of hydrogen-bond donors (Lipinski definition) is 0. The fourth-order valence-corrected chi connectivity index (χ4v) is 1.69. The van der Waals surface area contributed by atoms with E-state index < -0.39 is 0 Å². The van der Waals surface area contributed by atoms with E-state index in [0.29, 0.717) is 0 Å². The molecule has 0 atom stereocenters. The molecule has 0 spiro atoms. The maximum atomic E-state index is 4.09. The number of benzene rings is 2. The maximum Gasteiger partial charge on any atom is 0.0407 e. The van der Waals surface area contributed by atoms with Crippen molar-refractivity contribution in [2.45, 2.75) is 0 Å². The Bertz CT molecular complexity index is 526. The average Bonchev–Trinajstić information content (AvgIpc) is 2.46. The van der Waals surface area contributed by atoms with Gasteiger partial charge in [0.2, 0.25) is 0 Å². The first-order valence-electron chi connectivity index (χ1n) is 5.98. The Labute approximate surface area is 109 Å². The Kier molecular flexibility index (Phi) is 3.98. The predicted octanol–water partition coefficient (Wildman–Crippen LogP) is 4.35. The first kappa shape index (κ1) is 12.2. The Morgan fingerprint density at radius 3 is 2.11 bits per heavy atom. The third kappa shape index (κ3) is 3.11. The molecule has 1 nitrogen and oxygen atoms in total. The molecule has 2 rings (SSSR count). The van der Waals surface area contributed by atoms with Gasteiger partial charge in [-0.25, -0.2) is 0 Å². The molecular formula is C17H17N. The summed E-state index contributed by atoms with van der Waals surface area (Å²) in [4.78, 5) is 2.07. The molecule has 90 valence electrons. The van der Waals surface area contributed by atoms with E-state index >= 15 is 0 Å². The molecule has 18 heavy (non-hydrogen) atoms. The molecule has 1 heteroatoms. The first-order valence-corrected chi connectivity index (χ1v) is 5.98. The van der Waals surface area contributed by atoms with Gasteiger partial charge in [0, 0.05) is 18.4 Å². The van der Waals surface area contributed by atoms with E-state index in [4.69, 9.17) is 0 Å². The van der Waals surface area contributed by atoms with E-state index in [2.05, 4.69) is 41.8 Å². The molecule has 0 N–H and O–H groups in total. The molecule has 0 aliphatic carbocycles. The van der Waals surface area contributed by atoms with Gasteiger partial charge in [0.15, 0.2) is 0 Å². The molecule has 0 aliphatic rings. The summed E-state index contributed by atoms with van der Waals surface area (Å²) in [6.07, 6.45) is 4.10. The third-order valence-corrected chi connectivity index (χ3v) is 2.84. The monoisotopic (exact) mass is 235 g/mol. The van der Waals surface area contributed by atoms with Crippen LogP contribution < -0.4 is 4.90 Å². The lowest BCUT2D eigenvalue weighted by molar-refractivity contribution is 1.15. The summed E-state index contributed by atoms with van der Waals surface area (Å²) in [6, 6.07) is 20.4. The zero-order valence-electron chi connectivity index (χ0n) is 10.6. The topological polar surface area (TPSA) is 3.24 Å². The molecule has 0 unspecified atom stereocenters. The van der Waals surface area contributed by atoms with E-state index in [1.54, 1.807) is 0 Å². The van der Waals surface area contributed by atoms with Gasteiger partial charge >= 0.3 is 0 Å². The summed E-state index contributed by atoms with van der Waals surface area (Å²) in [6.45, 7) is 4.09. The van der Waals surface area contributed by atoms with Crippen molar-refractivity contribution in [2.75, 3.05) is 11.9 Å². The van der Waals surface area contributed by atoms with Crippen molar-refractivity contribution >= 4 is 11.8 Å². The SMILES string of the molecule is C=C(/C=C/c1ccccc1)N(C)c1ccccc1. The Hall–Kier alpha value is -2.28. The van der Waals surface area contributed by atoms with Crippen LogP contribution in [0.2, 0.25) is 0 Å². The smallest absolute Gasteiger partial charge is 0.0407 e. The van der Waals surface area contributed by atoms with Gasteiger partial charge in [0.1, 0.15) is 0 Å². The molecule has 0 radical (unpaired) electrons. The second-order valence-electron chi connectivity index (χ2n) is 4.13. The molecule has 2 aromatic carbocycles. The summed E-state index contributed by atoms with van der Waals surface area (Å²) < 4.78 is 0. The zero-order chi connectivity index (χ0) is 12.8. The fourth-order valence-electron chi connectivity index (χ4n) is 1.69. The molecule has 2 aromatic rings. The second kappa shape index (κ2) is 5.87. The zero-order valence-corrected chi connectivity index (χ0v) is 10.6. The van der Waals surface area contributed by atoms with E-state index in [-0.39, 0.29) is 0 Å². The largest absolute Gasteiger partial charge is 0.345 e. The molecule has 0 aromatic heterocycles. The van der Waals surface area contributed by atoms with Gasteiger partial charge in [0.25, 0.3) is 0 Å². The van der Waals surface area contributed by atoms with Crippen LogP contribution in [0.5, 0.6) is 0 Å². The highest BCUT2D eigenvalue weighted by atomic mass is 15.1. The van der Waals surface area contributed by atoms with Crippen LogP contribution in [0.25, 0.3) is 6.08 Å². The molecule has 0 bridgehead atoms. The fraction of sp³-hybridized carbons (Fsp3) is 0.0588. The molecule has 0 saturated heterocycles. The summed E-state index contributed by atoms with van der Waals surface area (Å²) >= 11 is 0. The van der Waals surface area contributed by atoms with E-state index in [1.165, 1.54) is 5.56 Å². The van der Waals surface area contributed by atoms with Crippen molar-refractivity contribution < 1.29 is 0 Å². The van der Waals surface area contributed by atoms with Crippen molar-refractivity contribution in [1.82, 2.24) is 0 Å². The van der Waals surface area contributed by atoms with E-state index in [0.717, 1.165) is 11.4 Å². The minimum atomic E-state index is 0.963. The summed E-state index contributed by atoms with van der Waals surface area (Å²) in [7, 11) is 2.02. The van der Waals surface area contributed by atoms with Crippen molar-refractivity contribution in [1.29, 1.82) is 0 Å². The number of nitrogens with zero attached hydrogens (tertiary/aromatic N) is 1. The summed E-state index contributed by atoms with van der Waals surface area (Å²) in [5, 5.41) is 0. The highest BCUT2D eigenvalue weighted by molar-refractivity contribution is 5.58. The van der Waals surface area contributed by atoms with Crippen LogP contribution in [0.15, 0.2) is 79.0 Å². The standard InChI is InChI=1S/C17H17N/c1-15(13-14-16-9-5-3-6-10-16)18(2)17-11-7-4-8-12-17/h3-14H,1H2,2H3/b14-13+. The van der Waals surface area contributed by atoms with Gasteiger partial charge in [-0.3, -0.25) is 0 Å². The highest BCUT2D eigenvalue weighted by Gasteiger charge is 2.00. The van der Waals surface area contributed by atoms with Crippen LogP contribution in [-0.4, -0.2) is 7.05 Å². The predicted molar refractivity (Wildman–Crippen MR) is 79.5 cm³/mol. The van der Waals surface area contributed by atoms with Gasteiger partial charge in [-0.1, -0.05) is 61.2 Å². The lowest BCUT2D eigenvalue weighted by atomic mass is 10.2. The lowest BCUT2D eigenvalue weighted by Gasteiger charge is -2.19. The van der Waals surface area contributed by atoms with Crippen LogP contribution >= 0.6 is 0 Å². The quantitative estimate of drug-likeness (QED) is 0.712. The second-order valence-corrected chi connectivity index (χ2v) is 4.13. The number of rotatable bonds is 4. The van der Waals surface area contributed by atoms with Gasteiger partial charge in [-0.05, 0) is 23.8 Å². The number of likely N-dealkylation sites (N-methyl/N-ethyl adjacent to an activating group) is 1. The Morgan fingerprint density at radius 2 is 1.50 bits per heavy atom. The van der Waals surface area contributed by atoms with Crippen molar-refractivity contribution in [3.8, 4) is 0 Å². The normalized spacial score (nSPS) is 10.5. The molecular weight excluding hydrogens is 218 g/mol. The average molecular weight is 235 g/mol. The Morgan fingerprint density at radius 1 is 0.944 bits per heavy atom. The van der Waals surface area contributed by atoms with Crippen molar-refractivity contribution in [3.05, 3.63) is 84.6 Å². The molecule has 0 aliphatic heterocycles. The minimum Gasteiger partial charge on any atom is -0.345 e. The first-order chi connectivity index (χ1) is 8.77. The lowest BCUT2D eigenvalue weighted by Crippen LogP contribution is -2.13. The summed E-state index contributed by atoms with van der Waals surface area (Å²) in [5.41, 5.74) is 3.28. The molecule has 0 amide bonds. The number of allylic oxidation sites excluding steroid dienone is 1. The van der Waals surface area contributed by atoms with Crippen LogP contribution in [0.4, 0.5) is 5.69 Å². The highest BCUT2D eigenvalue weighted by Crippen LogP contribution is 2.16. The third-order valence-electron chi connectivity index (χ3n) is 2.84. The minimum absolute atomic E-state index is 0.963. The molecule has 0 fully saturated rings.